The van der Waals surface area contributed by atoms with Crippen molar-refractivity contribution in [3.63, 3.8) is 0 Å². The van der Waals surface area contributed by atoms with E-state index in [4.69, 9.17) is 10.2 Å². The number of rotatable bonds is 18. The number of carboxylic acid groups (broad SMARTS) is 2. The zero-order valence-electron chi connectivity index (χ0n) is 15.6. The molecule has 0 aliphatic carbocycles. The van der Waals surface area contributed by atoms with Crippen LogP contribution in [-0.2, 0) is 9.59 Å². The molecule has 1 atom stereocenters. The first-order valence-electron chi connectivity index (χ1n) is 10.0. The number of unbranched alkanes of at least 4 members (excludes halogenated alkanes) is 11. The fourth-order valence-corrected chi connectivity index (χ4v) is 3.12. The zero-order valence-corrected chi connectivity index (χ0v) is 15.6. The van der Waals surface area contributed by atoms with Crippen LogP contribution in [0.15, 0.2) is 0 Å². The number of hydrogen-bond acceptors (Lipinski definition) is 2. The van der Waals surface area contributed by atoms with E-state index in [9.17, 15) is 9.59 Å². The van der Waals surface area contributed by atoms with Gasteiger partial charge in [0.2, 0.25) is 0 Å². The third-order valence-corrected chi connectivity index (χ3v) is 4.70. The molecule has 0 fully saturated rings. The number of hydrogen-bond donors (Lipinski definition) is 2. The second-order valence-electron chi connectivity index (χ2n) is 7.00. The van der Waals surface area contributed by atoms with Crippen LogP contribution in [0.2, 0.25) is 0 Å². The van der Waals surface area contributed by atoms with E-state index in [2.05, 4.69) is 6.92 Å². The Bertz CT molecular complexity index is 321. The van der Waals surface area contributed by atoms with E-state index in [1.165, 1.54) is 64.2 Å². The van der Waals surface area contributed by atoms with Crippen molar-refractivity contribution in [2.75, 3.05) is 0 Å². The number of carboxylic acids is 2. The fourth-order valence-electron chi connectivity index (χ4n) is 3.12. The van der Waals surface area contributed by atoms with E-state index in [1.54, 1.807) is 0 Å². The zero-order chi connectivity index (χ0) is 18.0. The van der Waals surface area contributed by atoms with Crippen molar-refractivity contribution >= 4 is 30.8 Å². The summed E-state index contributed by atoms with van der Waals surface area (Å²) in [6.45, 7) is 2.24. The summed E-state index contributed by atoms with van der Waals surface area (Å²) < 4.78 is 0. The molecule has 144 valence electrons. The van der Waals surface area contributed by atoms with Gasteiger partial charge in [-0.25, -0.2) is 0 Å². The van der Waals surface area contributed by atoms with Crippen LogP contribution in [0, 0.1) is 5.92 Å². The predicted molar refractivity (Wildman–Crippen MR) is 105 cm³/mol. The molecule has 4 nitrogen and oxygen atoms in total. The van der Waals surface area contributed by atoms with Crippen LogP contribution in [0.5, 0.6) is 0 Å². The second kappa shape index (κ2) is 19.9. The van der Waals surface area contributed by atoms with Crippen LogP contribution in [0.1, 0.15) is 110 Å². The second-order valence-corrected chi connectivity index (χ2v) is 7.00. The summed E-state index contributed by atoms with van der Waals surface area (Å²) in [5, 5.41) is 17.8. The van der Waals surface area contributed by atoms with E-state index in [0.717, 1.165) is 12.8 Å². The summed E-state index contributed by atoms with van der Waals surface area (Å²) in [5.74, 6) is -1.99. The average Bonchev–Trinajstić information content (AvgIpc) is 2.53. The van der Waals surface area contributed by atoms with Crippen molar-refractivity contribution in [2.45, 2.75) is 110 Å². The van der Waals surface area contributed by atoms with Crippen LogP contribution in [0.25, 0.3) is 0 Å². The molecule has 0 rings (SSSR count). The normalized spacial score (nSPS) is 11.7. The molecule has 0 aliphatic rings. The van der Waals surface area contributed by atoms with Gasteiger partial charge in [0.05, 0.1) is 5.92 Å². The Kier molecular flexibility index (Phi) is 21.3. The maximum atomic E-state index is 11.2. The Balaban J connectivity index is 0. The summed E-state index contributed by atoms with van der Waals surface area (Å²) >= 11 is 0. The Hall–Kier alpha value is -0.463. The van der Waals surface area contributed by atoms with Crippen LogP contribution in [0.3, 0.4) is 0 Å². The molecule has 0 saturated carbocycles. The van der Waals surface area contributed by atoms with Gasteiger partial charge in [0.15, 0.2) is 0 Å². The minimum atomic E-state index is -0.843. The monoisotopic (exact) mass is 350 g/mol. The quantitative estimate of drug-likeness (QED) is 0.257. The van der Waals surface area contributed by atoms with Gasteiger partial charge in [-0.2, -0.15) is 0 Å². The SMILES string of the molecule is CCCCCCCCCCCCCCC(CCCC(=O)O)C(=O)O.[LiH]. The van der Waals surface area contributed by atoms with Gasteiger partial charge in [0.1, 0.15) is 0 Å². The molecule has 0 spiro atoms. The van der Waals surface area contributed by atoms with Gasteiger partial charge in [0, 0.05) is 6.42 Å². The van der Waals surface area contributed by atoms with E-state index < -0.39 is 11.9 Å². The molecular formula is C20H39LiO4. The molecule has 0 aromatic heterocycles. The molecule has 0 saturated heterocycles. The van der Waals surface area contributed by atoms with Gasteiger partial charge in [-0.1, -0.05) is 84.0 Å². The molecule has 1 unspecified atom stereocenters. The molecule has 0 heterocycles. The molecule has 0 aliphatic heterocycles. The first-order valence-corrected chi connectivity index (χ1v) is 10.0. The van der Waals surface area contributed by atoms with Crippen molar-refractivity contribution in [3.8, 4) is 0 Å². The topological polar surface area (TPSA) is 74.6 Å². The Morgan fingerprint density at radius 1 is 0.680 bits per heavy atom. The molecule has 0 aromatic rings. The van der Waals surface area contributed by atoms with Gasteiger partial charge >= 0.3 is 30.8 Å². The third-order valence-electron chi connectivity index (χ3n) is 4.70. The third kappa shape index (κ3) is 19.7. The Labute approximate surface area is 166 Å². The van der Waals surface area contributed by atoms with E-state index in [-0.39, 0.29) is 31.2 Å². The molecule has 0 aromatic carbocycles. The molecule has 0 bridgehead atoms. The van der Waals surface area contributed by atoms with Crippen molar-refractivity contribution in [1.29, 1.82) is 0 Å². The summed E-state index contributed by atoms with van der Waals surface area (Å²) in [6, 6.07) is 0. The summed E-state index contributed by atoms with van der Waals surface area (Å²) in [4.78, 5) is 21.6. The van der Waals surface area contributed by atoms with Crippen LogP contribution in [-0.4, -0.2) is 41.0 Å². The van der Waals surface area contributed by atoms with Gasteiger partial charge in [0.25, 0.3) is 0 Å². The van der Waals surface area contributed by atoms with Crippen molar-refractivity contribution in [3.05, 3.63) is 0 Å². The van der Waals surface area contributed by atoms with Gasteiger partial charge < -0.3 is 10.2 Å². The van der Waals surface area contributed by atoms with E-state index >= 15 is 0 Å². The minimum absolute atomic E-state index is 0. The number of carbonyl (C=O) groups is 2. The van der Waals surface area contributed by atoms with Crippen LogP contribution < -0.4 is 0 Å². The van der Waals surface area contributed by atoms with Crippen molar-refractivity contribution in [1.82, 2.24) is 0 Å². The van der Waals surface area contributed by atoms with E-state index in [1.807, 2.05) is 0 Å². The van der Waals surface area contributed by atoms with Crippen molar-refractivity contribution in [2.24, 2.45) is 5.92 Å². The first kappa shape index (κ1) is 26.8. The summed E-state index contributed by atoms with van der Waals surface area (Å²) in [5.41, 5.74) is 0. The maximum absolute atomic E-state index is 11.2. The molecule has 25 heavy (non-hydrogen) atoms. The molecule has 0 radical (unpaired) electrons. The van der Waals surface area contributed by atoms with Crippen LogP contribution >= 0.6 is 0 Å². The van der Waals surface area contributed by atoms with Gasteiger partial charge in [-0.05, 0) is 19.3 Å². The molecule has 2 N–H and O–H groups in total. The van der Waals surface area contributed by atoms with E-state index in [0.29, 0.717) is 19.3 Å². The van der Waals surface area contributed by atoms with Crippen LogP contribution in [0.4, 0.5) is 0 Å². The Morgan fingerprint density at radius 2 is 1.08 bits per heavy atom. The molecular weight excluding hydrogens is 311 g/mol. The fraction of sp³-hybridized carbons (Fsp3) is 0.900. The standard InChI is InChI=1S/C20H38O4.Li.H/c1-2-3-4-5-6-7-8-9-10-11-12-13-15-18(20(23)24)16-14-17-19(21)22;;/h18H,2-17H2,1H3,(H,21,22)(H,23,24);;. The summed E-state index contributed by atoms with van der Waals surface area (Å²) in [6.07, 6.45) is 17.0. The van der Waals surface area contributed by atoms with Crippen molar-refractivity contribution < 1.29 is 19.8 Å². The predicted octanol–water partition coefficient (Wildman–Crippen LogP) is 5.38. The number of aliphatic carboxylic acids is 2. The Morgan fingerprint density at radius 3 is 1.48 bits per heavy atom. The first-order chi connectivity index (χ1) is 11.6. The summed E-state index contributed by atoms with van der Waals surface area (Å²) in [7, 11) is 0. The van der Waals surface area contributed by atoms with Gasteiger partial charge in [-0.15, -0.1) is 0 Å². The van der Waals surface area contributed by atoms with Gasteiger partial charge in [-0.3, -0.25) is 9.59 Å². The molecule has 0 amide bonds. The average molecular weight is 350 g/mol. The molecule has 5 heteroatoms.